The summed E-state index contributed by atoms with van der Waals surface area (Å²) in [7, 11) is -3.44. The predicted molar refractivity (Wildman–Crippen MR) is 83.7 cm³/mol. The number of benzene rings is 1. The molecule has 0 aliphatic carbocycles. The van der Waals surface area contributed by atoms with E-state index in [0.717, 1.165) is 42.1 Å². The van der Waals surface area contributed by atoms with Gasteiger partial charge in [0.15, 0.2) is 0 Å². The van der Waals surface area contributed by atoms with Crippen LogP contribution in [0, 0.1) is 6.92 Å². The van der Waals surface area contributed by atoms with E-state index in [2.05, 4.69) is 4.98 Å². The summed E-state index contributed by atoms with van der Waals surface area (Å²) in [6.07, 6.45) is 5.82. The van der Waals surface area contributed by atoms with E-state index < -0.39 is 10.0 Å². The molecule has 0 bridgehead atoms. The van der Waals surface area contributed by atoms with E-state index in [9.17, 15) is 8.42 Å². The number of hydrogen-bond acceptors (Lipinski definition) is 3. The lowest BCUT2D eigenvalue weighted by Crippen LogP contribution is -2.32. The van der Waals surface area contributed by atoms with Crippen LogP contribution in [0.5, 0.6) is 0 Å². The van der Waals surface area contributed by atoms with Crippen LogP contribution in [0.15, 0.2) is 35.4 Å². The first-order valence-electron chi connectivity index (χ1n) is 7.45. The van der Waals surface area contributed by atoms with Gasteiger partial charge in [-0.05, 0) is 43.5 Å². The lowest BCUT2D eigenvalue weighted by Gasteiger charge is -2.21. The normalized spacial score (nSPS) is 17.8. The van der Waals surface area contributed by atoms with Crippen LogP contribution in [-0.4, -0.2) is 30.8 Å². The van der Waals surface area contributed by atoms with E-state index >= 15 is 0 Å². The van der Waals surface area contributed by atoms with E-state index in [1.807, 2.05) is 19.1 Å². The second-order valence-electron chi connectivity index (χ2n) is 5.60. The maximum atomic E-state index is 13.0. The highest BCUT2D eigenvalue weighted by Crippen LogP contribution is 2.28. The maximum Gasteiger partial charge on any atom is 0.243 e. The maximum absolute atomic E-state index is 13.0. The van der Waals surface area contributed by atoms with Crippen molar-refractivity contribution in [2.75, 3.05) is 13.1 Å². The minimum Gasteiger partial charge on any atom is -0.256 e. The zero-order valence-corrected chi connectivity index (χ0v) is 13.1. The van der Waals surface area contributed by atoms with Gasteiger partial charge in [0.05, 0.1) is 10.4 Å². The van der Waals surface area contributed by atoms with Crippen molar-refractivity contribution in [1.29, 1.82) is 0 Å². The third-order valence-electron chi connectivity index (χ3n) is 4.11. The molecule has 2 aromatic rings. The fourth-order valence-electron chi connectivity index (χ4n) is 2.93. The monoisotopic (exact) mass is 304 g/mol. The molecule has 3 rings (SSSR count). The number of fused-ring (bicyclic) bond motifs is 1. The van der Waals surface area contributed by atoms with Crippen molar-refractivity contribution in [3.8, 4) is 0 Å². The van der Waals surface area contributed by atoms with Gasteiger partial charge in [0.25, 0.3) is 0 Å². The summed E-state index contributed by atoms with van der Waals surface area (Å²) in [5.74, 6) is 0. The Hall–Kier alpha value is -1.46. The van der Waals surface area contributed by atoms with Crippen LogP contribution in [-0.2, 0) is 10.0 Å². The topological polar surface area (TPSA) is 50.3 Å². The van der Waals surface area contributed by atoms with Gasteiger partial charge in [0.2, 0.25) is 10.0 Å². The Labute approximate surface area is 125 Å². The van der Waals surface area contributed by atoms with Gasteiger partial charge >= 0.3 is 0 Å². The van der Waals surface area contributed by atoms with Gasteiger partial charge in [0, 0.05) is 24.7 Å². The number of pyridine rings is 1. The van der Waals surface area contributed by atoms with E-state index in [1.54, 1.807) is 22.6 Å². The number of nitrogens with zero attached hydrogens (tertiary/aromatic N) is 2. The van der Waals surface area contributed by atoms with Crippen LogP contribution < -0.4 is 0 Å². The molecule has 0 saturated carbocycles. The highest BCUT2D eigenvalue weighted by atomic mass is 32.2. The van der Waals surface area contributed by atoms with Crippen LogP contribution in [0.1, 0.15) is 31.2 Å². The molecular formula is C16H20N2O2S. The van der Waals surface area contributed by atoms with Crippen LogP contribution in [0.25, 0.3) is 10.9 Å². The summed E-state index contributed by atoms with van der Waals surface area (Å²) in [6.45, 7) is 3.20. The Morgan fingerprint density at radius 2 is 1.76 bits per heavy atom. The van der Waals surface area contributed by atoms with Gasteiger partial charge in [-0.2, -0.15) is 4.31 Å². The minimum absolute atomic E-state index is 0.387. The molecule has 1 aliphatic heterocycles. The van der Waals surface area contributed by atoms with Crippen molar-refractivity contribution >= 4 is 20.9 Å². The molecule has 0 spiro atoms. The molecule has 0 N–H and O–H groups in total. The molecule has 2 heterocycles. The van der Waals surface area contributed by atoms with E-state index in [1.165, 1.54) is 0 Å². The summed E-state index contributed by atoms with van der Waals surface area (Å²) in [5, 5.41) is 0.724. The highest BCUT2D eigenvalue weighted by molar-refractivity contribution is 7.89. The highest BCUT2D eigenvalue weighted by Gasteiger charge is 2.27. The molecule has 1 saturated heterocycles. The second-order valence-corrected chi connectivity index (χ2v) is 7.50. The standard InChI is InChI=1S/C16H20N2O2S/c1-13-8-9-15(14-7-6-10-17-16(13)14)21(19,20)18-11-4-2-3-5-12-18/h6-10H,2-5,11-12H2,1H3. The molecule has 1 aliphatic rings. The molecule has 0 amide bonds. The molecule has 5 heteroatoms. The minimum atomic E-state index is -3.44. The lowest BCUT2D eigenvalue weighted by molar-refractivity contribution is 0.424. The molecule has 21 heavy (non-hydrogen) atoms. The van der Waals surface area contributed by atoms with Crippen molar-refractivity contribution in [2.45, 2.75) is 37.5 Å². The Morgan fingerprint density at radius 3 is 2.48 bits per heavy atom. The molecule has 1 aromatic heterocycles. The van der Waals surface area contributed by atoms with Gasteiger partial charge < -0.3 is 0 Å². The zero-order chi connectivity index (χ0) is 14.9. The number of aromatic nitrogens is 1. The zero-order valence-electron chi connectivity index (χ0n) is 12.2. The average molecular weight is 304 g/mol. The van der Waals surface area contributed by atoms with Crippen LogP contribution in [0.4, 0.5) is 0 Å². The fraction of sp³-hybridized carbons (Fsp3) is 0.438. The molecule has 112 valence electrons. The fourth-order valence-corrected chi connectivity index (χ4v) is 4.63. The number of hydrogen-bond donors (Lipinski definition) is 0. The molecule has 0 unspecified atom stereocenters. The summed E-state index contributed by atoms with van der Waals surface area (Å²) in [4.78, 5) is 4.72. The molecule has 1 aromatic carbocycles. The Balaban J connectivity index is 2.12. The molecule has 0 atom stereocenters. The molecule has 0 radical (unpaired) electrons. The Bertz CT molecular complexity index is 748. The van der Waals surface area contributed by atoms with E-state index in [4.69, 9.17) is 0 Å². The molecule has 1 fully saturated rings. The van der Waals surface area contributed by atoms with Crippen molar-refractivity contribution in [3.63, 3.8) is 0 Å². The van der Waals surface area contributed by atoms with Gasteiger partial charge in [-0.3, -0.25) is 4.98 Å². The number of rotatable bonds is 2. The smallest absolute Gasteiger partial charge is 0.243 e. The van der Waals surface area contributed by atoms with Gasteiger partial charge in [-0.15, -0.1) is 0 Å². The van der Waals surface area contributed by atoms with Crippen molar-refractivity contribution in [2.24, 2.45) is 0 Å². The Kier molecular flexibility index (Phi) is 3.95. The summed E-state index contributed by atoms with van der Waals surface area (Å²) in [6, 6.07) is 7.21. The van der Waals surface area contributed by atoms with Crippen LogP contribution in [0.3, 0.4) is 0 Å². The van der Waals surface area contributed by atoms with Gasteiger partial charge in [-0.1, -0.05) is 18.9 Å². The largest absolute Gasteiger partial charge is 0.256 e. The quantitative estimate of drug-likeness (QED) is 0.856. The van der Waals surface area contributed by atoms with Crippen LogP contribution in [0.2, 0.25) is 0 Å². The summed E-state index contributed by atoms with van der Waals surface area (Å²) in [5.41, 5.74) is 1.77. The van der Waals surface area contributed by atoms with Crippen LogP contribution >= 0.6 is 0 Å². The van der Waals surface area contributed by atoms with E-state index in [0.29, 0.717) is 18.0 Å². The SMILES string of the molecule is Cc1ccc(S(=O)(=O)N2CCCCCC2)c2cccnc12. The summed E-state index contributed by atoms with van der Waals surface area (Å²) < 4.78 is 27.6. The lowest BCUT2D eigenvalue weighted by atomic mass is 10.1. The number of sulfonamides is 1. The first-order chi connectivity index (χ1) is 10.1. The second kappa shape index (κ2) is 5.73. The molecular weight excluding hydrogens is 284 g/mol. The van der Waals surface area contributed by atoms with Crippen molar-refractivity contribution in [3.05, 3.63) is 36.0 Å². The van der Waals surface area contributed by atoms with Crippen molar-refractivity contribution < 1.29 is 8.42 Å². The van der Waals surface area contributed by atoms with E-state index in [-0.39, 0.29) is 0 Å². The predicted octanol–water partition coefficient (Wildman–Crippen LogP) is 3.11. The van der Waals surface area contributed by atoms with Gasteiger partial charge in [-0.25, -0.2) is 8.42 Å². The average Bonchev–Trinajstić information content (AvgIpc) is 2.77. The first-order valence-corrected chi connectivity index (χ1v) is 8.89. The van der Waals surface area contributed by atoms with Crippen molar-refractivity contribution in [1.82, 2.24) is 9.29 Å². The Morgan fingerprint density at radius 1 is 1.05 bits per heavy atom. The number of aryl methyl sites for hydroxylation is 1. The third kappa shape index (κ3) is 2.68. The molecule has 4 nitrogen and oxygen atoms in total. The third-order valence-corrected chi connectivity index (χ3v) is 6.07. The summed E-state index contributed by atoms with van der Waals surface area (Å²) >= 11 is 0. The first kappa shape index (κ1) is 14.5. The van der Waals surface area contributed by atoms with Gasteiger partial charge in [0.1, 0.15) is 0 Å².